The molecule has 0 aliphatic heterocycles. The van der Waals surface area contributed by atoms with E-state index in [2.05, 4.69) is 15.9 Å². The van der Waals surface area contributed by atoms with Crippen LogP contribution in [0.2, 0.25) is 0 Å². The Morgan fingerprint density at radius 3 is 2.29 bits per heavy atom. The second kappa shape index (κ2) is 12.4. The first kappa shape index (κ1) is 27.0. The van der Waals surface area contributed by atoms with E-state index in [0.717, 1.165) is 23.3 Å². The Bertz CT molecular complexity index is 1120. The summed E-state index contributed by atoms with van der Waals surface area (Å²) in [6, 6.07) is 16.4. The van der Waals surface area contributed by atoms with Crippen LogP contribution in [0.25, 0.3) is 0 Å². The Labute approximate surface area is 210 Å². The molecule has 188 valence electrons. The van der Waals surface area contributed by atoms with Crippen LogP contribution in [0.5, 0.6) is 11.5 Å². The van der Waals surface area contributed by atoms with E-state index in [1.54, 1.807) is 38.5 Å². The molecule has 0 heterocycles. The molecule has 3 rings (SSSR count). The van der Waals surface area contributed by atoms with Crippen molar-refractivity contribution in [3.05, 3.63) is 93.0 Å². The first-order valence-corrected chi connectivity index (χ1v) is 11.5. The van der Waals surface area contributed by atoms with Crippen LogP contribution < -0.4 is 9.47 Å². The number of ether oxygens (including phenoxy) is 4. The van der Waals surface area contributed by atoms with E-state index in [0.29, 0.717) is 33.7 Å². The number of aliphatic hydroxyl groups is 1. The smallest absolute Gasteiger partial charge is 0.416 e. The van der Waals surface area contributed by atoms with Crippen LogP contribution in [0.4, 0.5) is 13.2 Å². The molecule has 0 aliphatic carbocycles. The van der Waals surface area contributed by atoms with Crippen LogP contribution in [-0.4, -0.2) is 25.9 Å². The zero-order valence-electron chi connectivity index (χ0n) is 19.3. The van der Waals surface area contributed by atoms with Gasteiger partial charge in [-0.1, -0.05) is 46.3 Å². The molecule has 3 aromatic rings. The van der Waals surface area contributed by atoms with E-state index in [4.69, 9.17) is 18.9 Å². The average molecular weight is 555 g/mol. The Hall–Kier alpha value is -2.59. The van der Waals surface area contributed by atoms with E-state index in [1.165, 1.54) is 0 Å². The highest BCUT2D eigenvalue weighted by atomic mass is 79.9. The fourth-order valence-corrected chi connectivity index (χ4v) is 4.10. The van der Waals surface area contributed by atoms with Crippen molar-refractivity contribution in [3.8, 4) is 11.5 Å². The topological polar surface area (TPSA) is 57.2 Å². The Morgan fingerprint density at radius 1 is 0.857 bits per heavy atom. The zero-order chi connectivity index (χ0) is 25.4. The maximum Gasteiger partial charge on any atom is 0.416 e. The maximum atomic E-state index is 13.1. The van der Waals surface area contributed by atoms with Crippen molar-refractivity contribution in [3.63, 3.8) is 0 Å². The fraction of sp³-hybridized carbons (Fsp3) is 0.308. The van der Waals surface area contributed by atoms with Crippen LogP contribution in [0.1, 0.15) is 33.9 Å². The lowest BCUT2D eigenvalue weighted by atomic mass is 10.0. The van der Waals surface area contributed by atoms with Gasteiger partial charge in [0.2, 0.25) is 0 Å². The SMILES string of the molecule is COc1ccc(COCc2ccccc2C(CO)OCc2cc(Br)cc(C(F)(F)F)c2)cc1OC. The summed E-state index contributed by atoms with van der Waals surface area (Å²) in [4.78, 5) is 0. The van der Waals surface area contributed by atoms with Crippen molar-refractivity contribution in [1.29, 1.82) is 0 Å². The Balaban J connectivity index is 1.67. The van der Waals surface area contributed by atoms with Crippen LogP contribution in [-0.2, 0) is 35.5 Å². The number of aliphatic hydroxyl groups excluding tert-OH is 1. The molecular formula is C26H26BrF3O5. The van der Waals surface area contributed by atoms with Crippen LogP contribution in [0.15, 0.2) is 65.1 Å². The molecule has 0 bridgehead atoms. The van der Waals surface area contributed by atoms with Crippen LogP contribution in [0, 0.1) is 0 Å². The standard InChI is InChI=1S/C26H26BrF3O5/c1-32-23-8-7-17(11-24(23)33-2)14-34-16-19-5-3-4-6-22(19)25(13-31)35-15-18-9-20(26(28,29)30)12-21(27)10-18/h3-12,25,31H,13-16H2,1-2H3. The molecule has 0 aromatic heterocycles. The van der Waals surface area contributed by atoms with Crippen LogP contribution >= 0.6 is 15.9 Å². The van der Waals surface area contributed by atoms with Crippen LogP contribution in [0.3, 0.4) is 0 Å². The number of hydrogen-bond donors (Lipinski definition) is 1. The lowest BCUT2D eigenvalue weighted by Gasteiger charge is -2.20. The van der Waals surface area contributed by atoms with Crippen molar-refractivity contribution in [2.24, 2.45) is 0 Å². The van der Waals surface area contributed by atoms with E-state index in [1.807, 2.05) is 24.3 Å². The minimum absolute atomic E-state index is 0.103. The lowest BCUT2D eigenvalue weighted by molar-refractivity contribution is -0.137. The van der Waals surface area contributed by atoms with Crippen molar-refractivity contribution >= 4 is 15.9 Å². The van der Waals surface area contributed by atoms with Gasteiger partial charge < -0.3 is 24.1 Å². The Kier molecular flexibility index (Phi) is 9.56. The normalized spacial score (nSPS) is 12.4. The maximum absolute atomic E-state index is 13.1. The van der Waals surface area contributed by atoms with Gasteiger partial charge in [0.1, 0.15) is 6.10 Å². The van der Waals surface area contributed by atoms with Crippen molar-refractivity contribution in [1.82, 2.24) is 0 Å². The highest BCUT2D eigenvalue weighted by Crippen LogP contribution is 2.33. The predicted octanol–water partition coefficient (Wildman–Crippen LogP) is 6.45. The molecule has 0 amide bonds. The molecule has 0 saturated carbocycles. The lowest BCUT2D eigenvalue weighted by Crippen LogP contribution is -2.13. The second-order valence-electron chi connectivity index (χ2n) is 7.71. The summed E-state index contributed by atoms with van der Waals surface area (Å²) >= 11 is 3.11. The van der Waals surface area contributed by atoms with Gasteiger partial charge in [0.05, 0.1) is 46.2 Å². The zero-order valence-corrected chi connectivity index (χ0v) is 20.9. The van der Waals surface area contributed by atoms with Gasteiger partial charge in [-0.2, -0.15) is 13.2 Å². The average Bonchev–Trinajstić information content (AvgIpc) is 2.84. The van der Waals surface area contributed by atoms with Gasteiger partial charge in [-0.3, -0.25) is 0 Å². The first-order valence-electron chi connectivity index (χ1n) is 10.7. The largest absolute Gasteiger partial charge is 0.493 e. The number of benzene rings is 3. The number of alkyl halides is 3. The minimum atomic E-state index is -4.47. The molecule has 1 unspecified atom stereocenters. The van der Waals surface area contributed by atoms with Gasteiger partial charge in [-0.25, -0.2) is 0 Å². The van der Waals surface area contributed by atoms with Gasteiger partial charge in [0.15, 0.2) is 11.5 Å². The molecule has 35 heavy (non-hydrogen) atoms. The van der Waals surface area contributed by atoms with Gasteiger partial charge in [0.25, 0.3) is 0 Å². The Morgan fingerprint density at radius 2 is 1.60 bits per heavy atom. The van der Waals surface area contributed by atoms with Crippen molar-refractivity contribution in [2.45, 2.75) is 32.1 Å². The third-order valence-corrected chi connectivity index (χ3v) is 5.74. The minimum Gasteiger partial charge on any atom is -0.493 e. The molecule has 1 N–H and O–H groups in total. The molecule has 1 atom stereocenters. The molecule has 9 heteroatoms. The predicted molar refractivity (Wildman–Crippen MR) is 128 cm³/mol. The van der Waals surface area contributed by atoms with E-state index in [-0.39, 0.29) is 19.8 Å². The highest BCUT2D eigenvalue weighted by Gasteiger charge is 2.31. The summed E-state index contributed by atoms with van der Waals surface area (Å²) in [6.07, 6.45) is -5.20. The first-order chi connectivity index (χ1) is 16.7. The summed E-state index contributed by atoms with van der Waals surface area (Å²) in [5.74, 6) is 1.22. The molecule has 0 fully saturated rings. The monoisotopic (exact) mass is 554 g/mol. The van der Waals surface area contributed by atoms with Gasteiger partial charge in [0, 0.05) is 4.47 Å². The summed E-state index contributed by atoms with van der Waals surface area (Å²) in [5.41, 5.74) is 1.97. The van der Waals surface area contributed by atoms with Gasteiger partial charge >= 0.3 is 6.18 Å². The molecule has 0 aliphatic rings. The fourth-order valence-electron chi connectivity index (χ4n) is 3.56. The summed E-state index contributed by atoms with van der Waals surface area (Å²) in [7, 11) is 3.13. The molecule has 5 nitrogen and oxygen atoms in total. The van der Waals surface area contributed by atoms with Crippen molar-refractivity contribution < 1.29 is 37.2 Å². The highest BCUT2D eigenvalue weighted by molar-refractivity contribution is 9.10. The third-order valence-electron chi connectivity index (χ3n) is 5.28. The number of hydrogen-bond acceptors (Lipinski definition) is 5. The third kappa shape index (κ3) is 7.44. The number of methoxy groups -OCH3 is 2. The molecule has 0 saturated heterocycles. The van der Waals surface area contributed by atoms with E-state index in [9.17, 15) is 18.3 Å². The summed E-state index contributed by atoms with van der Waals surface area (Å²) in [5, 5.41) is 9.95. The summed E-state index contributed by atoms with van der Waals surface area (Å²) < 4.78 is 61.9. The van der Waals surface area contributed by atoms with Gasteiger partial charge in [-0.15, -0.1) is 0 Å². The summed E-state index contributed by atoms with van der Waals surface area (Å²) in [6.45, 7) is 0.123. The number of halogens is 4. The number of rotatable bonds is 11. The molecule has 0 spiro atoms. The molecular weight excluding hydrogens is 529 g/mol. The van der Waals surface area contributed by atoms with E-state index >= 15 is 0 Å². The quantitative estimate of drug-likeness (QED) is 0.295. The molecule has 3 aromatic carbocycles. The van der Waals surface area contributed by atoms with E-state index < -0.39 is 17.8 Å². The van der Waals surface area contributed by atoms with Crippen molar-refractivity contribution in [2.75, 3.05) is 20.8 Å². The molecule has 0 radical (unpaired) electrons. The van der Waals surface area contributed by atoms with Gasteiger partial charge in [-0.05, 0) is 52.6 Å². The second-order valence-corrected chi connectivity index (χ2v) is 8.62.